The van der Waals surface area contributed by atoms with Crippen LogP contribution in [-0.4, -0.2) is 27.0 Å². The molecule has 112 valence electrons. The maximum absolute atomic E-state index is 12.4. The highest BCUT2D eigenvalue weighted by Gasteiger charge is 2.24. The van der Waals surface area contributed by atoms with E-state index in [4.69, 9.17) is 0 Å². The Kier molecular flexibility index (Phi) is 4.83. The van der Waals surface area contributed by atoms with Crippen LogP contribution in [0.3, 0.4) is 0 Å². The molecule has 2 atom stereocenters. The Hall–Kier alpha value is -0.910. The molecule has 1 aliphatic heterocycles. The molecule has 0 spiro atoms. The molecule has 20 heavy (non-hydrogen) atoms. The van der Waals surface area contributed by atoms with Crippen LogP contribution >= 0.6 is 0 Å². The Morgan fingerprint density at radius 2 is 1.90 bits per heavy atom. The largest absolute Gasteiger partial charge is 0.314 e. The summed E-state index contributed by atoms with van der Waals surface area (Å²) in [5, 5.41) is 3.32. The van der Waals surface area contributed by atoms with Crippen molar-refractivity contribution in [2.24, 2.45) is 0 Å². The van der Waals surface area contributed by atoms with Gasteiger partial charge in [0, 0.05) is 12.1 Å². The van der Waals surface area contributed by atoms with E-state index in [9.17, 15) is 8.42 Å². The van der Waals surface area contributed by atoms with Gasteiger partial charge in [0.2, 0.25) is 10.0 Å². The zero-order chi connectivity index (χ0) is 14.8. The van der Waals surface area contributed by atoms with Crippen molar-refractivity contribution in [2.75, 3.05) is 6.54 Å². The third kappa shape index (κ3) is 3.81. The second-order valence-electron chi connectivity index (χ2n) is 5.92. The maximum atomic E-state index is 12.4. The van der Waals surface area contributed by atoms with Gasteiger partial charge in [0.1, 0.15) is 0 Å². The molecule has 1 aromatic rings. The van der Waals surface area contributed by atoms with E-state index in [0.717, 1.165) is 24.9 Å². The molecule has 0 amide bonds. The van der Waals surface area contributed by atoms with Crippen LogP contribution in [0.4, 0.5) is 0 Å². The highest BCUT2D eigenvalue weighted by atomic mass is 32.2. The lowest BCUT2D eigenvalue weighted by Crippen LogP contribution is -2.46. The van der Waals surface area contributed by atoms with Gasteiger partial charge in [-0.05, 0) is 49.9 Å². The summed E-state index contributed by atoms with van der Waals surface area (Å²) in [5.41, 5.74) is 1.15. The summed E-state index contributed by atoms with van der Waals surface area (Å²) in [6, 6.07) is 7.57. The van der Waals surface area contributed by atoms with E-state index in [2.05, 4.69) is 30.8 Å². The second kappa shape index (κ2) is 6.24. The predicted molar refractivity (Wildman–Crippen MR) is 81.3 cm³/mol. The number of hydrogen-bond donors (Lipinski definition) is 2. The Labute approximate surface area is 122 Å². The molecule has 1 aliphatic rings. The zero-order valence-corrected chi connectivity index (χ0v) is 13.2. The van der Waals surface area contributed by atoms with E-state index < -0.39 is 10.0 Å². The molecule has 0 aliphatic carbocycles. The van der Waals surface area contributed by atoms with Gasteiger partial charge in [-0.15, -0.1) is 0 Å². The summed E-state index contributed by atoms with van der Waals surface area (Å²) in [4.78, 5) is 0.355. The van der Waals surface area contributed by atoms with Gasteiger partial charge in [0.05, 0.1) is 4.90 Å². The molecule has 0 saturated carbocycles. The summed E-state index contributed by atoms with van der Waals surface area (Å²) < 4.78 is 27.5. The fourth-order valence-electron chi connectivity index (χ4n) is 2.56. The van der Waals surface area contributed by atoms with Gasteiger partial charge in [-0.25, -0.2) is 13.1 Å². The van der Waals surface area contributed by atoms with Crippen LogP contribution in [0.25, 0.3) is 0 Å². The summed E-state index contributed by atoms with van der Waals surface area (Å²) in [6.07, 6.45) is 1.68. The van der Waals surface area contributed by atoms with Crippen molar-refractivity contribution in [3.05, 3.63) is 29.8 Å². The minimum atomic E-state index is -3.40. The number of hydrogen-bond acceptors (Lipinski definition) is 3. The Morgan fingerprint density at radius 3 is 2.45 bits per heavy atom. The molecular formula is C15H24N2O2S. The summed E-state index contributed by atoms with van der Waals surface area (Å²) in [7, 11) is -3.40. The number of benzene rings is 1. The van der Waals surface area contributed by atoms with Crippen LogP contribution in [0.2, 0.25) is 0 Å². The first-order chi connectivity index (χ1) is 9.38. The molecule has 0 aromatic heterocycles. The number of rotatable bonds is 4. The molecule has 1 saturated heterocycles. The van der Waals surface area contributed by atoms with Crippen LogP contribution in [-0.2, 0) is 10.0 Å². The van der Waals surface area contributed by atoms with Crippen molar-refractivity contribution in [3.63, 3.8) is 0 Å². The number of sulfonamides is 1. The van der Waals surface area contributed by atoms with E-state index in [-0.39, 0.29) is 6.04 Å². The van der Waals surface area contributed by atoms with Gasteiger partial charge in [-0.3, -0.25) is 0 Å². The van der Waals surface area contributed by atoms with Gasteiger partial charge in [-0.2, -0.15) is 0 Å². The normalized spacial score (nSPS) is 24.0. The average molecular weight is 296 g/mol. The van der Waals surface area contributed by atoms with Crippen LogP contribution in [0.5, 0.6) is 0 Å². The fourth-order valence-corrected chi connectivity index (χ4v) is 3.84. The standard InChI is InChI=1S/C15H24N2O2S/c1-11(2)13-4-6-15(7-5-13)20(18,19)17-14-8-9-16-12(3)10-14/h4-7,11-12,14,16-17H,8-10H2,1-3H3. The van der Waals surface area contributed by atoms with Gasteiger partial charge >= 0.3 is 0 Å². The number of piperidine rings is 1. The van der Waals surface area contributed by atoms with Gasteiger partial charge in [-0.1, -0.05) is 26.0 Å². The Balaban J connectivity index is 2.09. The molecule has 1 fully saturated rings. The molecule has 1 heterocycles. The number of nitrogens with one attached hydrogen (secondary N) is 2. The van der Waals surface area contributed by atoms with E-state index in [1.165, 1.54) is 0 Å². The molecule has 2 rings (SSSR count). The first kappa shape index (κ1) is 15.5. The minimum Gasteiger partial charge on any atom is -0.314 e. The van der Waals surface area contributed by atoms with Gasteiger partial charge < -0.3 is 5.32 Å². The third-order valence-electron chi connectivity index (χ3n) is 3.80. The summed E-state index contributed by atoms with van der Waals surface area (Å²) >= 11 is 0. The van der Waals surface area contributed by atoms with Crippen LogP contribution < -0.4 is 10.0 Å². The van der Waals surface area contributed by atoms with E-state index in [1.807, 2.05) is 12.1 Å². The quantitative estimate of drug-likeness (QED) is 0.896. The average Bonchev–Trinajstić information content (AvgIpc) is 2.38. The van der Waals surface area contributed by atoms with Crippen LogP contribution in [0.15, 0.2) is 29.2 Å². The van der Waals surface area contributed by atoms with Crippen molar-refractivity contribution in [3.8, 4) is 0 Å². The molecule has 1 aromatic carbocycles. The Morgan fingerprint density at radius 1 is 1.25 bits per heavy atom. The second-order valence-corrected chi connectivity index (χ2v) is 7.64. The van der Waals surface area contributed by atoms with Crippen molar-refractivity contribution in [2.45, 2.75) is 56.5 Å². The highest BCUT2D eigenvalue weighted by molar-refractivity contribution is 7.89. The first-order valence-electron chi connectivity index (χ1n) is 7.24. The van der Waals surface area contributed by atoms with Crippen molar-refractivity contribution in [1.29, 1.82) is 0 Å². The summed E-state index contributed by atoms with van der Waals surface area (Å²) in [6.45, 7) is 7.13. The zero-order valence-electron chi connectivity index (χ0n) is 12.4. The molecule has 0 bridgehead atoms. The fraction of sp³-hybridized carbons (Fsp3) is 0.600. The van der Waals surface area contributed by atoms with Crippen molar-refractivity contribution < 1.29 is 8.42 Å². The topological polar surface area (TPSA) is 58.2 Å². The lowest BCUT2D eigenvalue weighted by molar-refractivity contribution is 0.361. The molecule has 4 nitrogen and oxygen atoms in total. The highest BCUT2D eigenvalue weighted by Crippen LogP contribution is 2.18. The third-order valence-corrected chi connectivity index (χ3v) is 5.34. The first-order valence-corrected chi connectivity index (χ1v) is 8.72. The van der Waals surface area contributed by atoms with Gasteiger partial charge in [0.15, 0.2) is 0 Å². The van der Waals surface area contributed by atoms with E-state index in [0.29, 0.717) is 16.9 Å². The maximum Gasteiger partial charge on any atom is 0.240 e. The monoisotopic (exact) mass is 296 g/mol. The minimum absolute atomic E-state index is 0.0287. The molecule has 0 radical (unpaired) electrons. The SMILES string of the molecule is CC1CC(NS(=O)(=O)c2ccc(C(C)C)cc2)CCN1. The predicted octanol–water partition coefficient (Wildman–Crippen LogP) is 2.23. The molecule has 5 heteroatoms. The lowest BCUT2D eigenvalue weighted by Gasteiger charge is -2.28. The van der Waals surface area contributed by atoms with E-state index in [1.54, 1.807) is 12.1 Å². The van der Waals surface area contributed by atoms with Crippen molar-refractivity contribution in [1.82, 2.24) is 10.0 Å². The van der Waals surface area contributed by atoms with Gasteiger partial charge in [0.25, 0.3) is 0 Å². The lowest BCUT2D eigenvalue weighted by atomic mass is 10.0. The molecule has 2 unspecified atom stereocenters. The smallest absolute Gasteiger partial charge is 0.240 e. The summed E-state index contributed by atoms with van der Waals surface area (Å²) in [5.74, 6) is 0.407. The molecular weight excluding hydrogens is 272 g/mol. The van der Waals surface area contributed by atoms with Crippen LogP contribution in [0.1, 0.15) is 45.1 Å². The molecule has 2 N–H and O–H groups in total. The van der Waals surface area contributed by atoms with Crippen molar-refractivity contribution >= 4 is 10.0 Å². The Bertz CT molecular complexity index is 537. The van der Waals surface area contributed by atoms with Crippen LogP contribution in [0, 0.1) is 0 Å². The van der Waals surface area contributed by atoms with E-state index >= 15 is 0 Å².